The number of anilines is 1. The normalized spacial score (nSPS) is 12.9. The largest absolute Gasteiger partial charge is 0.497 e. The maximum absolute atomic E-state index is 12.0. The Morgan fingerprint density at radius 1 is 1.08 bits per heavy atom. The van der Waals surface area contributed by atoms with Crippen LogP contribution in [0, 0.1) is 0 Å². The molecule has 0 atom stereocenters. The predicted molar refractivity (Wildman–Crippen MR) is 90.9 cm³/mol. The van der Waals surface area contributed by atoms with E-state index in [9.17, 15) is 4.79 Å². The summed E-state index contributed by atoms with van der Waals surface area (Å²) in [6.07, 6.45) is 0.847. The summed E-state index contributed by atoms with van der Waals surface area (Å²) in [6.45, 7) is 1.68. The Kier molecular flexibility index (Phi) is 5.05. The van der Waals surface area contributed by atoms with E-state index < -0.39 is 0 Å². The van der Waals surface area contributed by atoms with Crippen LogP contribution in [0.3, 0.4) is 0 Å². The molecule has 2 N–H and O–H groups in total. The molecule has 0 aromatic heterocycles. The second-order valence-electron chi connectivity index (χ2n) is 5.37. The number of carbonyl (C=O) groups is 1. The van der Waals surface area contributed by atoms with E-state index in [2.05, 4.69) is 10.6 Å². The summed E-state index contributed by atoms with van der Waals surface area (Å²) in [5.74, 6) is 2.15. The van der Waals surface area contributed by atoms with Gasteiger partial charge in [-0.15, -0.1) is 0 Å². The maximum Gasteiger partial charge on any atom is 0.319 e. The molecule has 0 saturated heterocycles. The highest BCUT2D eigenvalue weighted by atomic mass is 16.5. The second kappa shape index (κ2) is 7.59. The number of methoxy groups -OCH3 is 1. The minimum atomic E-state index is -0.277. The molecule has 0 aliphatic carbocycles. The van der Waals surface area contributed by atoms with Gasteiger partial charge in [-0.25, -0.2) is 4.79 Å². The van der Waals surface area contributed by atoms with Crippen molar-refractivity contribution >= 4 is 11.7 Å². The van der Waals surface area contributed by atoms with Crippen LogP contribution in [0.2, 0.25) is 0 Å². The van der Waals surface area contributed by atoms with Gasteiger partial charge in [0.1, 0.15) is 5.75 Å². The fourth-order valence-electron chi connectivity index (χ4n) is 2.34. The third kappa shape index (κ3) is 4.10. The summed E-state index contributed by atoms with van der Waals surface area (Å²) in [7, 11) is 1.62. The zero-order chi connectivity index (χ0) is 16.8. The lowest BCUT2D eigenvalue weighted by Gasteiger charge is -2.11. The van der Waals surface area contributed by atoms with Gasteiger partial charge < -0.3 is 24.8 Å². The number of fused-ring (bicyclic) bond motifs is 1. The van der Waals surface area contributed by atoms with Crippen molar-refractivity contribution in [1.29, 1.82) is 0 Å². The van der Waals surface area contributed by atoms with Gasteiger partial charge in [0.25, 0.3) is 0 Å². The number of carbonyl (C=O) groups excluding carboxylic acids is 1. The number of nitrogens with one attached hydrogen (secondary N) is 2. The summed E-state index contributed by atoms with van der Waals surface area (Å²) in [4.78, 5) is 12.0. The fraction of sp³-hybridized carbons (Fsp3) is 0.278. The first-order valence-electron chi connectivity index (χ1n) is 7.82. The highest BCUT2D eigenvalue weighted by Gasteiger charge is 2.11. The molecule has 2 amide bonds. The molecule has 3 rings (SSSR count). The molecule has 24 heavy (non-hydrogen) atoms. The van der Waals surface area contributed by atoms with E-state index in [-0.39, 0.29) is 6.03 Å². The number of benzene rings is 2. The van der Waals surface area contributed by atoms with Gasteiger partial charge >= 0.3 is 6.03 Å². The van der Waals surface area contributed by atoms with Gasteiger partial charge in [0, 0.05) is 24.7 Å². The van der Waals surface area contributed by atoms with E-state index in [1.54, 1.807) is 25.3 Å². The van der Waals surface area contributed by atoms with Crippen molar-refractivity contribution < 1.29 is 19.0 Å². The van der Waals surface area contributed by atoms with Crippen molar-refractivity contribution in [1.82, 2.24) is 5.32 Å². The first-order chi connectivity index (χ1) is 11.7. The van der Waals surface area contributed by atoms with Crippen molar-refractivity contribution in [2.24, 2.45) is 0 Å². The quantitative estimate of drug-likeness (QED) is 0.904. The predicted octanol–water partition coefficient (Wildman–Crippen LogP) is 3.18. The molecule has 2 aromatic rings. The molecule has 6 heteroatoms. The van der Waals surface area contributed by atoms with Gasteiger partial charge in [-0.3, -0.25) is 0 Å². The van der Waals surface area contributed by atoms with Crippen LogP contribution in [0.1, 0.15) is 12.0 Å². The Hall–Kier alpha value is -2.89. The van der Waals surface area contributed by atoms with Crippen LogP contribution in [0.25, 0.3) is 0 Å². The molecule has 0 radical (unpaired) electrons. The summed E-state index contributed by atoms with van der Waals surface area (Å²) < 4.78 is 16.3. The van der Waals surface area contributed by atoms with Crippen LogP contribution in [0.4, 0.5) is 10.5 Å². The Morgan fingerprint density at radius 2 is 1.83 bits per heavy atom. The first-order valence-corrected chi connectivity index (χ1v) is 7.82. The van der Waals surface area contributed by atoms with E-state index >= 15 is 0 Å². The number of amides is 2. The fourth-order valence-corrected chi connectivity index (χ4v) is 2.34. The molecule has 126 valence electrons. The minimum Gasteiger partial charge on any atom is -0.497 e. The third-order valence-corrected chi connectivity index (χ3v) is 3.62. The molecule has 1 aliphatic heterocycles. The topological polar surface area (TPSA) is 68.8 Å². The number of hydrogen-bond donors (Lipinski definition) is 2. The van der Waals surface area contributed by atoms with E-state index in [4.69, 9.17) is 14.2 Å². The smallest absolute Gasteiger partial charge is 0.319 e. The molecule has 6 nitrogen and oxygen atoms in total. The van der Waals surface area contributed by atoms with E-state index in [1.807, 2.05) is 24.3 Å². The lowest BCUT2D eigenvalue weighted by Crippen LogP contribution is -2.28. The summed E-state index contributed by atoms with van der Waals surface area (Å²) in [6, 6.07) is 12.6. The molecular formula is C18H20N2O4. The van der Waals surface area contributed by atoms with Gasteiger partial charge in [-0.2, -0.15) is 0 Å². The SMILES string of the molecule is COc1ccc(CNC(=O)Nc2ccc3c(c2)OCCCO3)cc1. The standard InChI is InChI=1S/C18H20N2O4/c1-22-15-6-3-13(4-7-15)12-19-18(21)20-14-5-8-16-17(11-14)24-10-2-9-23-16/h3-8,11H,2,9-10,12H2,1H3,(H2,19,20,21). The Labute approximate surface area is 140 Å². The van der Waals surface area contributed by atoms with Crippen molar-refractivity contribution in [3.63, 3.8) is 0 Å². The molecule has 1 aliphatic rings. The van der Waals surface area contributed by atoms with E-state index in [0.717, 1.165) is 17.7 Å². The van der Waals surface area contributed by atoms with Gasteiger partial charge in [0.2, 0.25) is 0 Å². The summed E-state index contributed by atoms with van der Waals surface area (Å²) in [5, 5.41) is 5.61. The Bertz CT molecular complexity index is 701. The van der Waals surface area contributed by atoms with Crippen molar-refractivity contribution in [3.8, 4) is 17.2 Å². The van der Waals surface area contributed by atoms with Gasteiger partial charge in [0.15, 0.2) is 11.5 Å². The monoisotopic (exact) mass is 328 g/mol. The molecule has 0 saturated carbocycles. The number of rotatable bonds is 4. The van der Waals surface area contributed by atoms with Crippen molar-refractivity contribution in [3.05, 3.63) is 48.0 Å². The Morgan fingerprint density at radius 3 is 2.58 bits per heavy atom. The number of hydrogen-bond acceptors (Lipinski definition) is 4. The molecule has 0 bridgehead atoms. The highest BCUT2D eigenvalue weighted by Crippen LogP contribution is 2.32. The maximum atomic E-state index is 12.0. The number of urea groups is 1. The summed E-state index contributed by atoms with van der Waals surface area (Å²) in [5.41, 5.74) is 1.65. The van der Waals surface area contributed by atoms with Crippen LogP contribution in [-0.4, -0.2) is 26.4 Å². The average molecular weight is 328 g/mol. The zero-order valence-electron chi connectivity index (χ0n) is 13.5. The summed E-state index contributed by atoms with van der Waals surface area (Å²) >= 11 is 0. The van der Waals surface area contributed by atoms with E-state index in [1.165, 1.54) is 0 Å². The molecular weight excluding hydrogens is 308 g/mol. The van der Waals surface area contributed by atoms with Crippen LogP contribution in [0.15, 0.2) is 42.5 Å². The minimum absolute atomic E-state index is 0.277. The third-order valence-electron chi connectivity index (χ3n) is 3.62. The van der Waals surface area contributed by atoms with Crippen LogP contribution in [-0.2, 0) is 6.54 Å². The lowest BCUT2D eigenvalue weighted by molar-refractivity contribution is 0.251. The zero-order valence-corrected chi connectivity index (χ0v) is 13.5. The van der Waals surface area contributed by atoms with Crippen LogP contribution >= 0.6 is 0 Å². The highest BCUT2D eigenvalue weighted by molar-refractivity contribution is 5.89. The molecule has 0 spiro atoms. The number of ether oxygens (including phenoxy) is 3. The molecule has 1 heterocycles. The van der Waals surface area contributed by atoms with Crippen LogP contribution < -0.4 is 24.8 Å². The lowest BCUT2D eigenvalue weighted by atomic mass is 10.2. The van der Waals surface area contributed by atoms with Gasteiger partial charge in [-0.1, -0.05) is 12.1 Å². The first kappa shape index (κ1) is 16.0. The average Bonchev–Trinajstić information content (AvgIpc) is 2.85. The van der Waals surface area contributed by atoms with E-state index in [0.29, 0.717) is 36.9 Å². The van der Waals surface area contributed by atoms with Crippen LogP contribution in [0.5, 0.6) is 17.2 Å². The van der Waals surface area contributed by atoms with Crippen molar-refractivity contribution in [2.75, 3.05) is 25.6 Å². The molecule has 0 fully saturated rings. The van der Waals surface area contributed by atoms with Gasteiger partial charge in [-0.05, 0) is 29.8 Å². The van der Waals surface area contributed by atoms with Gasteiger partial charge in [0.05, 0.1) is 20.3 Å². The molecule has 2 aromatic carbocycles. The Balaban J connectivity index is 1.55. The van der Waals surface area contributed by atoms with Crippen molar-refractivity contribution in [2.45, 2.75) is 13.0 Å². The molecule has 0 unspecified atom stereocenters. The second-order valence-corrected chi connectivity index (χ2v) is 5.37.